The van der Waals surface area contributed by atoms with Gasteiger partial charge in [-0.1, -0.05) is 0 Å². The van der Waals surface area contributed by atoms with E-state index in [-0.39, 0.29) is 0 Å². The van der Waals surface area contributed by atoms with Crippen molar-refractivity contribution in [3.8, 4) is 0 Å². The number of piperazine rings is 1. The van der Waals surface area contributed by atoms with E-state index < -0.39 is 11.9 Å². The predicted octanol–water partition coefficient (Wildman–Crippen LogP) is 1.61. The van der Waals surface area contributed by atoms with Gasteiger partial charge in [-0.05, 0) is 19.9 Å². The summed E-state index contributed by atoms with van der Waals surface area (Å²) in [7, 11) is 0. The van der Waals surface area contributed by atoms with Crippen molar-refractivity contribution < 1.29 is 13.2 Å². The van der Waals surface area contributed by atoms with Gasteiger partial charge in [0.15, 0.2) is 5.69 Å². The molecule has 7 heteroatoms. The van der Waals surface area contributed by atoms with Crippen molar-refractivity contribution in [3.05, 3.63) is 17.5 Å². The third-order valence-corrected chi connectivity index (χ3v) is 3.19. The highest BCUT2D eigenvalue weighted by molar-refractivity contribution is 5.11. The Morgan fingerprint density at radius 3 is 2.78 bits per heavy atom. The molecule has 1 saturated heterocycles. The van der Waals surface area contributed by atoms with Crippen LogP contribution in [0.4, 0.5) is 13.2 Å². The SMILES string of the molecule is CC1CN(Cc2cc(C(F)(F)F)n[nH]2)C(C)CN1. The van der Waals surface area contributed by atoms with Crippen LogP contribution in [0.5, 0.6) is 0 Å². The predicted molar refractivity (Wildman–Crippen MR) is 60.9 cm³/mol. The van der Waals surface area contributed by atoms with Crippen LogP contribution in [-0.4, -0.2) is 40.3 Å². The van der Waals surface area contributed by atoms with Crippen LogP contribution in [0.15, 0.2) is 6.07 Å². The highest BCUT2D eigenvalue weighted by atomic mass is 19.4. The summed E-state index contributed by atoms with van der Waals surface area (Å²) in [5.74, 6) is 0. The molecule has 1 aliphatic heterocycles. The first kappa shape index (κ1) is 13.4. The number of aromatic nitrogens is 2. The van der Waals surface area contributed by atoms with Crippen LogP contribution in [0, 0.1) is 0 Å². The molecular weight excluding hydrogens is 245 g/mol. The lowest BCUT2D eigenvalue weighted by Gasteiger charge is -2.37. The summed E-state index contributed by atoms with van der Waals surface area (Å²) in [4.78, 5) is 2.15. The molecule has 1 aromatic heterocycles. The second-order valence-corrected chi connectivity index (χ2v) is 4.86. The molecule has 4 nitrogen and oxygen atoms in total. The van der Waals surface area contributed by atoms with Crippen LogP contribution in [-0.2, 0) is 12.7 Å². The molecular formula is C11H17F3N4. The Morgan fingerprint density at radius 1 is 1.44 bits per heavy atom. The van der Waals surface area contributed by atoms with Gasteiger partial charge < -0.3 is 5.32 Å². The smallest absolute Gasteiger partial charge is 0.311 e. The quantitative estimate of drug-likeness (QED) is 0.851. The number of hydrogen-bond donors (Lipinski definition) is 2. The van der Waals surface area contributed by atoms with Crippen molar-refractivity contribution in [1.29, 1.82) is 0 Å². The van der Waals surface area contributed by atoms with Crippen LogP contribution in [0.25, 0.3) is 0 Å². The van der Waals surface area contributed by atoms with Gasteiger partial charge >= 0.3 is 6.18 Å². The molecule has 0 saturated carbocycles. The van der Waals surface area contributed by atoms with Gasteiger partial charge in [0.05, 0.1) is 0 Å². The second-order valence-electron chi connectivity index (χ2n) is 4.86. The summed E-state index contributed by atoms with van der Waals surface area (Å²) in [5, 5.41) is 9.10. The van der Waals surface area contributed by atoms with Gasteiger partial charge in [-0.3, -0.25) is 10.00 Å². The molecule has 2 unspecified atom stereocenters. The summed E-state index contributed by atoms with van der Waals surface area (Å²) in [6.45, 7) is 6.26. The Morgan fingerprint density at radius 2 is 2.17 bits per heavy atom. The first-order valence-corrected chi connectivity index (χ1v) is 5.95. The molecule has 0 bridgehead atoms. The van der Waals surface area contributed by atoms with E-state index in [4.69, 9.17) is 0 Å². The number of hydrogen-bond acceptors (Lipinski definition) is 3. The van der Waals surface area contributed by atoms with Crippen LogP contribution in [0.2, 0.25) is 0 Å². The van der Waals surface area contributed by atoms with E-state index in [1.165, 1.54) is 0 Å². The summed E-state index contributed by atoms with van der Waals surface area (Å²) in [5.41, 5.74) is -0.350. The van der Waals surface area contributed by atoms with Crippen molar-refractivity contribution in [2.45, 2.75) is 38.7 Å². The largest absolute Gasteiger partial charge is 0.435 e. The molecule has 102 valence electrons. The Bertz CT molecular complexity index is 401. The van der Waals surface area contributed by atoms with Gasteiger partial charge in [0, 0.05) is 37.4 Å². The number of alkyl halides is 3. The van der Waals surface area contributed by atoms with Gasteiger partial charge in [-0.25, -0.2) is 0 Å². The Balaban J connectivity index is 2.02. The fraction of sp³-hybridized carbons (Fsp3) is 0.727. The lowest BCUT2D eigenvalue weighted by Crippen LogP contribution is -2.53. The van der Waals surface area contributed by atoms with Gasteiger partial charge in [0.2, 0.25) is 0 Å². The fourth-order valence-electron chi connectivity index (χ4n) is 2.12. The molecule has 0 spiro atoms. The molecule has 2 N–H and O–H groups in total. The van der Waals surface area contributed by atoms with Gasteiger partial charge in [0.25, 0.3) is 0 Å². The molecule has 0 aliphatic carbocycles. The maximum absolute atomic E-state index is 12.4. The van der Waals surface area contributed by atoms with Crippen LogP contribution >= 0.6 is 0 Å². The first-order valence-electron chi connectivity index (χ1n) is 5.95. The van der Waals surface area contributed by atoms with E-state index in [2.05, 4.69) is 34.3 Å². The molecule has 0 radical (unpaired) electrons. The average Bonchev–Trinajstić information content (AvgIpc) is 2.71. The molecule has 0 amide bonds. The number of H-pyrrole nitrogens is 1. The van der Waals surface area contributed by atoms with Crippen molar-refractivity contribution in [2.24, 2.45) is 0 Å². The zero-order valence-electron chi connectivity index (χ0n) is 10.4. The molecule has 2 heterocycles. The van der Waals surface area contributed by atoms with Crippen molar-refractivity contribution >= 4 is 0 Å². The molecule has 0 aromatic carbocycles. The minimum Gasteiger partial charge on any atom is -0.311 e. The molecule has 2 rings (SSSR count). The summed E-state index contributed by atoms with van der Waals surface area (Å²) in [6.07, 6.45) is -4.38. The monoisotopic (exact) mass is 262 g/mol. The van der Waals surface area contributed by atoms with E-state index >= 15 is 0 Å². The summed E-state index contributed by atoms with van der Waals surface area (Å²) < 4.78 is 37.2. The minimum atomic E-state index is -4.38. The van der Waals surface area contributed by atoms with Crippen molar-refractivity contribution in [2.75, 3.05) is 13.1 Å². The Hall–Kier alpha value is -1.08. The maximum atomic E-state index is 12.4. The third-order valence-electron chi connectivity index (χ3n) is 3.19. The third kappa shape index (κ3) is 3.02. The molecule has 1 fully saturated rings. The van der Waals surface area contributed by atoms with Crippen molar-refractivity contribution in [3.63, 3.8) is 0 Å². The zero-order valence-corrected chi connectivity index (χ0v) is 10.4. The lowest BCUT2D eigenvalue weighted by molar-refractivity contribution is -0.141. The first-order chi connectivity index (χ1) is 8.36. The molecule has 1 aromatic rings. The Kier molecular flexibility index (Phi) is 3.63. The molecule has 1 aliphatic rings. The maximum Gasteiger partial charge on any atom is 0.435 e. The van der Waals surface area contributed by atoms with Crippen molar-refractivity contribution in [1.82, 2.24) is 20.4 Å². The zero-order chi connectivity index (χ0) is 13.3. The summed E-state index contributed by atoms with van der Waals surface area (Å²) >= 11 is 0. The number of rotatable bonds is 2. The molecule has 18 heavy (non-hydrogen) atoms. The normalized spacial score (nSPS) is 26.5. The topological polar surface area (TPSA) is 44.0 Å². The van der Waals surface area contributed by atoms with E-state index in [1.54, 1.807) is 0 Å². The average molecular weight is 262 g/mol. The fourth-order valence-corrected chi connectivity index (χ4v) is 2.12. The highest BCUT2D eigenvalue weighted by Gasteiger charge is 2.34. The number of nitrogens with one attached hydrogen (secondary N) is 2. The van der Waals surface area contributed by atoms with Gasteiger partial charge in [-0.2, -0.15) is 18.3 Å². The second kappa shape index (κ2) is 4.89. The van der Waals surface area contributed by atoms with E-state index in [0.29, 0.717) is 24.3 Å². The lowest BCUT2D eigenvalue weighted by atomic mass is 10.1. The number of halogens is 3. The van der Waals surface area contributed by atoms with E-state index in [0.717, 1.165) is 19.2 Å². The van der Waals surface area contributed by atoms with Gasteiger partial charge in [-0.15, -0.1) is 0 Å². The minimum absolute atomic E-state index is 0.304. The summed E-state index contributed by atoms with van der Waals surface area (Å²) in [6, 6.07) is 1.74. The van der Waals surface area contributed by atoms with Gasteiger partial charge in [0.1, 0.15) is 0 Å². The number of aromatic amines is 1. The van der Waals surface area contributed by atoms with Crippen LogP contribution in [0.3, 0.4) is 0 Å². The highest BCUT2D eigenvalue weighted by Crippen LogP contribution is 2.28. The Labute approximate surface area is 104 Å². The number of nitrogens with zero attached hydrogens (tertiary/aromatic N) is 2. The van der Waals surface area contributed by atoms with E-state index in [1.807, 2.05) is 0 Å². The van der Waals surface area contributed by atoms with E-state index in [9.17, 15) is 13.2 Å². The van der Waals surface area contributed by atoms with Crippen LogP contribution < -0.4 is 5.32 Å². The van der Waals surface area contributed by atoms with Crippen LogP contribution in [0.1, 0.15) is 25.2 Å². The standard InChI is InChI=1S/C11H17F3N4/c1-7-5-18(8(2)4-15-7)6-9-3-10(17-16-9)11(12,13)14/h3,7-8,15H,4-6H2,1-2H3,(H,16,17). The molecule has 2 atom stereocenters.